The van der Waals surface area contributed by atoms with Crippen molar-refractivity contribution in [3.05, 3.63) is 0 Å². The van der Waals surface area contributed by atoms with Crippen LogP contribution < -0.4 is 15.4 Å². The first kappa shape index (κ1) is 15.5. The molecule has 2 N–H and O–H groups in total. The average molecular weight is 267 g/mol. The van der Waals surface area contributed by atoms with E-state index >= 15 is 0 Å². The van der Waals surface area contributed by atoms with E-state index in [0.717, 1.165) is 6.42 Å². The predicted octanol–water partition coefficient (Wildman–Crippen LogP) is 2.69. The van der Waals surface area contributed by atoms with Crippen molar-refractivity contribution >= 4 is 11.9 Å². The maximum Gasteiger partial charge on any atom is 0.323 e. The summed E-state index contributed by atoms with van der Waals surface area (Å²) in [6.07, 6.45) is 4.82. The minimum atomic E-state index is 0.341. The summed E-state index contributed by atoms with van der Waals surface area (Å²) in [6.45, 7) is 6.79. The van der Waals surface area contributed by atoms with Crippen LogP contribution in [0.4, 0.5) is 11.9 Å². The summed E-state index contributed by atoms with van der Waals surface area (Å²) in [5, 5.41) is 6.20. The highest BCUT2D eigenvalue weighted by Gasteiger charge is 2.09. The quantitative estimate of drug-likeness (QED) is 0.670. The summed E-state index contributed by atoms with van der Waals surface area (Å²) < 4.78 is 5.33. The van der Waals surface area contributed by atoms with Gasteiger partial charge in [-0.15, -0.1) is 0 Å². The molecule has 1 rings (SSSR count). The monoisotopic (exact) mass is 267 g/mol. The number of rotatable bonds is 9. The van der Waals surface area contributed by atoms with E-state index in [2.05, 4.69) is 39.4 Å². The molecule has 0 aliphatic rings. The molecular formula is C13H25N5O. The van der Waals surface area contributed by atoms with Crippen LogP contribution >= 0.6 is 0 Å². The first-order valence-corrected chi connectivity index (χ1v) is 7.02. The second kappa shape index (κ2) is 8.50. The van der Waals surface area contributed by atoms with Crippen LogP contribution in [0.1, 0.15) is 46.5 Å². The lowest BCUT2D eigenvalue weighted by Gasteiger charge is -2.14. The fraction of sp³-hybridized carbons (Fsp3) is 0.769. The van der Waals surface area contributed by atoms with Crippen LogP contribution in [0.15, 0.2) is 0 Å². The first-order chi connectivity index (χ1) is 9.19. The SMILES string of the molecule is CCCCCC(C)Nc1nc(NC)nc(OCC)n1. The summed E-state index contributed by atoms with van der Waals surface area (Å²) in [5.74, 6) is 1.08. The largest absolute Gasteiger partial charge is 0.464 e. The van der Waals surface area contributed by atoms with Gasteiger partial charge in [-0.1, -0.05) is 26.2 Å². The van der Waals surface area contributed by atoms with Crippen molar-refractivity contribution in [3.63, 3.8) is 0 Å². The normalized spacial score (nSPS) is 12.0. The number of aromatic nitrogens is 3. The van der Waals surface area contributed by atoms with E-state index in [1.807, 2.05) is 6.92 Å². The number of hydrogen-bond acceptors (Lipinski definition) is 6. The second-order valence-electron chi connectivity index (χ2n) is 4.49. The van der Waals surface area contributed by atoms with Crippen LogP contribution in [0.3, 0.4) is 0 Å². The molecule has 1 aromatic rings. The Balaban J connectivity index is 2.62. The van der Waals surface area contributed by atoms with Crippen LogP contribution in [0, 0.1) is 0 Å². The van der Waals surface area contributed by atoms with Gasteiger partial charge in [-0.3, -0.25) is 0 Å². The van der Waals surface area contributed by atoms with Crippen LogP contribution in [0.2, 0.25) is 0 Å². The Morgan fingerprint density at radius 1 is 1.11 bits per heavy atom. The Morgan fingerprint density at radius 2 is 1.84 bits per heavy atom. The van der Waals surface area contributed by atoms with E-state index in [9.17, 15) is 0 Å². The third-order valence-electron chi connectivity index (χ3n) is 2.73. The molecule has 108 valence electrons. The number of anilines is 2. The Bertz CT molecular complexity index is 372. The van der Waals surface area contributed by atoms with Gasteiger partial charge in [0.25, 0.3) is 0 Å². The van der Waals surface area contributed by atoms with Gasteiger partial charge < -0.3 is 15.4 Å². The summed E-state index contributed by atoms with van der Waals surface area (Å²) in [6, 6.07) is 0.693. The standard InChI is InChI=1S/C13H25N5O/c1-5-7-8-9-10(3)15-12-16-11(14-4)17-13(18-12)19-6-2/h10H,5-9H2,1-4H3,(H2,14,15,16,17,18). The smallest absolute Gasteiger partial charge is 0.323 e. The number of ether oxygens (including phenoxy) is 1. The topological polar surface area (TPSA) is 72.0 Å². The van der Waals surface area contributed by atoms with Crippen LogP contribution in [-0.2, 0) is 0 Å². The van der Waals surface area contributed by atoms with Crippen LogP contribution in [-0.4, -0.2) is 34.6 Å². The van der Waals surface area contributed by atoms with Crippen molar-refractivity contribution in [3.8, 4) is 6.01 Å². The van der Waals surface area contributed by atoms with Crippen molar-refractivity contribution in [2.45, 2.75) is 52.5 Å². The van der Waals surface area contributed by atoms with Gasteiger partial charge in [-0.05, 0) is 20.3 Å². The average Bonchev–Trinajstić information content (AvgIpc) is 2.39. The molecule has 0 aromatic carbocycles. The summed E-state index contributed by atoms with van der Waals surface area (Å²) in [4.78, 5) is 12.7. The van der Waals surface area contributed by atoms with Gasteiger partial charge in [0.2, 0.25) is 11.9 Å². The molecular weight excluding hydrogens is 242 g/mol. The second-order valence-corrected chi connectivity index (χ2v) is 4.49. The van der Waals surface area contributed by atoms with Gasteiger partial charge >= 0.3 is 6.01 Å². The van der Waals surface area contributed by atoms with Crippen molar-refractivity contribution in [2.24, 2.45) is 0 Å². The Morgan fingerprint density at radius 3 is 2.47 bits per heavy atom. The van der Waals surface area contributed by atoms with E-state index in [0.29, 0.717) is 30.6 Å². The number of hydrogen-bond donors (Lipinski definition) is 2. The first-order valence-electron chi connectivity index (χ1n) is 7.02. The van der Waals surface area contributed by atoms with Gasteiger partial charge in [-0.2, -0.15) is 15.0 Å². The molecule has 0 radical (unpaired) electrons. The van der Waals surface area contributed by atoms with Gasteiger partial charge in [0.15, 0.2) is 0 Å². The molecule has 0 saturated heterocycles. The Kier molecular flexibility index (Phi) is 6.92. The highest BCUT2D eigenvalue weighted by molar-refractivity contribution is 5.35. The molecule has 0 aliphatic carbocycles. The van der Waals surface area contributed by atoms with Gasteiger partial charge in [-0.25, -0.2) is 0 Å². The molecule has 0 amide bonds. The summed E-state index contributed by atoms with van der Waals surface area (Å²) >= 11 is 0. The zero-order chi connectivity index (χ0) is 14.1. The number of unbranched alkanes of at least 4 members (excludes halogenated alkanes) is 2. The molecule has 0 bridgehead atoms. The molecule has 1 heterocycles. The zero-order valence-electron chi connectivity index (χ0n) is 12.4. The molecule has 0 saturated carbocycles. The van der Waals surface area contributed by atoms with Crippen molar-refractivity contribution in [1.82, 2.24) is 15.0 Å². The molecule has 0 fully saturated rings. The molecule has 1 aromatic heterocycles. The maximum absolute atomic E-state index is 5.33. The number of nitrogens with zero attached hydrogens (tertiary/aromatic N) is 3. The lowest BCUT2D eigenvalue weighted by molar-refractivity contribution is 0.312. The number of nitrogens with one attached hydrogen (secondary N) is 2. The molecule has 6 heteroatoms. The van der Waals surface area contributed by atoms with Crippen LogP contribution in [0.25, 0.3) is 0 Å². The predicted molar refractivity (Wildman–Crippen MR) is 77.8 cm³/mol. The highest BCUT2D eigenvalue weighted by atomic mass is 16.5. The minimum absolute atomic E-state index is 0.341. The van der Waals surface area contributed by atoms with Gasteiger partial charge in [0.05, 0.1) is 6.61 Å². The molecule has 19 heavy (non-hydrogen) atoms. The molecule has 0 aliphatic heterocycles. The van der Waals surface area contributed by atoms with E-state index in [1.165, 1.54) is 19.3 Å². The lowest BCUT2D eigenvalue weighted by Crippen LogP contribution is -2.18. The summed E-state index contributed by atoms with van der Waals surface area (Å²) in [7, 11) is 1.78. The van der Waals surface area contributed by atoms with E-state index in [4.69, 9.17) is 4.74 Å². The molecule has 1 unspecified atom stereocenters. The van der Waals surface area contributed by atoms with Crippen molar-refractivity contribution < 1.29 is 4.74 Å². The fourth-order valence-electron chi connectivity index (χ4n) is 1.72. The Labute approximate surface area is 115 Å². The van der Waals surface area contributed by atoms with Gasteiger partial charge in [0, 0.05) is 13.1 Å². The third kappa shape index (κ3) is 5.72. The van der Waals surface area contributed by atoms with Crippen LogP contribution in [0.5, 0.6) is 6.01 Å². The fourth-order valence-corrected chi connectivity index (χ4v) is 1.72. The maximum atomic E-state index is 5.33. The third-order valence-corrected chi connectivity index (χ3v) is 2.73. The molecule has 6 nitrogen and oxygen atoms in total. The Hall–Kier alpha value is -1.59. The molecule has 0 spiro atoms. The molecule has 1 atom stereocenters. The van der Waals surface area contributed by atoms with Gasteiger partial charge in [0.1, 0.15) is 0 Å². The minimum Gasteiger partial charge on any atom is -0.464 e. The van der Waals surface area contributed by atoms with E-state index < -0.39 is 0 Å². The lowest BCUT2D eigenvalue weighted by atomic mass is 10.1. The highest BCUT2D eigenvalue weighted by Crippen LogP contribution is 2.13. The van der Waals surface area contributed by atoms with E-state index in [1.54, 1.807) is 7.05 Å². The van der Waals surface area contributed by atoms with Crippen molar-refractivity contribution in [2.75, 3.05) is 24.3 Å². The van der Waals surface area contributed by atoms with E-state index in [-0.39, 0.29) is 0 Å². The summed E-state index contributed by atoms with van der Waals surface area (Å²) in [5.41, 5.74) is 0. The van der Waals surface area contributed by atoms with Crippen molar-refractivity contribution in [1.29, 1.82) is 0 Å². The zero-order valence-corrected chi connectivity index (χ0v) is 12.4.